The zero-order chi connectivity index (χ0) is 21.7. The molecule has 0 aromatic heterocycles. The lowest BCUT2D eigenvalue weighted by atomic mass is 10.0. The summed E-state index contributed by atoms with van der Waals surface area (Å²) in [5.74, 6) is -0.205. The minimum Gasteiger partial charge on any atom is -0.488 e. The molecular weight excluding hydrogens is 418 g/mol. The van der Waals surface area contributed by atoms with E-state index in [4.69, 9.17) is 22.1 Å². The fraction of sp³-hybridized carbons (Fsp3) is 0.261. The minimum atomic E-state index is -0.878. The molecule has 1 aliphatic rings. The number of benzene rings is 2. The quantitative estimate of drug-likeness (QED) is 0.462. The summed E-state index contributed by atoms with van der Waals surface area (Å²) in [7, 11) is 0. The summed E-state index contributed by atoms with van der Waals surface area (Å²) in [6, 6.07) is 14.0. The Morgan fingerprint density at radius 3 is 2.50 bits per heavy atom. The summed E-state index contributed by atoms with van der Waals surface area (Å²) in [6.45, 7) is 4.79. The molecule has 0 aliphatic carbocycles. The van der Waals surface area contributed by atoms with Gasteiger partial charge < -0.3 is 9.84 Å². The standard InChI is InChI=1S/C23H23NO4S2/c1-15-11-18(12-16(2)21(15)28-14-17-7-4-3-5-8-17)13-19-22(27)24(23(29)30-19)10-6-9-20(25)26/h3-5,7-8,11-13H,6,9-10,14H2,1-2H3,(H,25,26)/b19-13-. The third kappa shape index (κ3) is 5.49. The number of hydrogen-bond acceptors (Lipinski definition) is 5. The van der Waals surface area contributed by atoms with Gasteiger partial charge in [0.25, 0.3) is 5.91 Å². The molecule has 1 fully saturated rings. The first-order valence-electron chi connectivity index (χ1n) is 9.60. The number of carbonyl (C=O) groups excluding carboxylic acids is 1. The lowest BCUT2D eigenvalue weighted by Crippen LogP contribution is -2.29. The van der Waals surface area contributed by atoms with Crippen LogP contribution in [0.15, 0.2) is 47.4 Å². The fourth-order valence-corrected chi connectivity index (χ4v) is 4.57. The molecule has 30 heavy (non-hydrogen) atoms. The smallest absolute Gasteiger partial charge is 0.303 e. The molecular formula is C23H23NO4S2. The Labute approximate surface area is 185 Å². The molecule has 0 saturated carbocycles. The van der Waals surface area contributed by atoms with Crippen LogP contribution in [-0.4, -0.2) is 32.7 Å². The van der Waals surface area contributed by atoms with Crippen LogP contribution in [0.3, 0.4) is 0 Å². The number of amides is 1. The summed E-state index contributed by atoms with van der Waals surface area (Å²) in [4.78, 5) is 25.4. The lowest BCUT2D eigenvalue weighted by Gasteiger charge is -2.14. The number of rotatable bonds is 8. The maximum absolute atomic E-state index is 12.7. The molecule has 1 heterocycles. The first-order valence-corrected chi connectivity index (χ1v) is 10.8. The largest absolute Gasteiger partial charge is 0.488 e. The number of aliphatic carboxylic acids is 1. The van der Waals surface area contributed by atoms with E-state index in [0.29, 0.717) is 28.8 Å². The van der Waals surface area contributed by atoms with E-state index in [-0.39, 0.29) is 12.3 Å². The van der Waals surface area contributed by atoms with Gasteiger partial charge in [-0.25, -0.2) is 0 Å². The van der Waals surface area contributed by atoms with Crippen molar-refractivity contribution < 1.29 is 19.4 Å². The molecule has 1 amide bonds. The Morgan fingerprint density at radius 2 is 1.87 bits per heavy atom. The third-order valence-corrected chi connectivity index (χ3v) is 6.03. The Hall–Kier alpha value is -2.64. The first-order chi connectivity index (χ1) is 14.3. The number of thiocarbonyl (C=S) groups is 1. The van der Waals surface area contributed by atoms with Gasteiger partial charge in [-0.05, 0) is 60.7 Å². The van der Waals surface area contributed by atoms with Crippen LogP contribution in [-0.2, 0) is 16.2 Å². The van der Waals surface area contributed by atoms with Crippen molar-refractivity contribution >= 4 is 46.3 Å². The van der Waals surface area contributed by atoms with Crippen LogP contribution in [0.25, 0.3) is 6.08 Å². The number of carbonyl (C=O) groups is 2. The van der Waals surface area contributed by atoms with E-state index < -0.39 is 5.97 Å². The molecule has 3 rings (SSSR count). The van der Waals surface area contributed by atoms with Gasteiger partial charge in [0.2, 0.25) is 0 Å². The molecule has 7 heteroatoms. The average Bonchev–Trinajstić information content (AvgIpc) is 2.95. The maximum Gasteiger partial charge on any atom is 0.303 e. The van der Waals surface area contributed by atoms with Crippen LogP contribution in [0.1, 0.15) is 35.1 Å². The molecule has 0 radical (unpaired) electrons. The predicted octanol–water partition coefficient (Wildman–Crippen LogP) is 4.95. The Kier molecular flexibility index (Phi) is 7.29. The van der Waals surface area contributed by atoms with Crippen molar-refractivity contribution in [3.8, 4) is 5.75 Å². The lowest BCUT2D eigenvalue weighted by molar-refractivity contribution is -0.137. The average molecular weight is 442 g/mol. The number of ether oxygens (including phenoxy) is 1. The number of thioether (sulfide) groups is 1. The van der Waals surface area contributed by atoms with Crippen LogP contribution in [0, 0.1) is 13.8 Å². The molecule has 5 nitrogen and oxygen atoms in total. The number of carboxylic acids is 1. The van der Waals surface area contributed by atoms with Gasteiger partial charge in [0, 0.05) is 13.0 Å². The molecule has 1 saturated heterocycles. The second-order valence-electron chi connectivity index (χ2n) is 7.09. The third-order valence-electron chi connectivity index (χ3n) is 4.65. The second kappa shape index (κ2) is 9.91. The molecule has 0 spiro atoms. The number of hydrogen-bond donors (Lipinski definition) is 1. The van der Waals surface area contributed by atoms with Crippen molar-refractivity contribution in [2.24, 2.45) is 0 Å². The SMILES string of the molecule is Cc1cc(/C=C2\SC(=S)N(CCCC(=O)O)C2=O)cc(C)c1OCc1ccccc1. The van der Waals surface area contributed by atoms with Crippen molar-refractivity contribution in [1.82, 2.24) is 4.90 Å². The van der Waals surface area contributed by atoms with E-state index in [1.165, 1.54) is 16.7 Å². The van der Waals surface area contributed by atoms with E-state index in [1.54, 1.807) is 0 Å². The summed E-state index contributed by atoms with van der Waals surface area (Å²) in [6.07, 6.45) is 2.22. The van der Waals surface area contributed by atoms with E-state index in [2.05, 4.69) is 0 Å². The van der Waals surface area contributed by atoms with Crippen LogP contribution in [0.2, 0.25) is 0 Å². The molecule has 0 unspecified atom stereocenters. The summed E-state index contributed by atoms with van der Waals surface area (Å²) in [5.41, 5.74) is 4.00. The van der Waals surface area contributed by atoms with Crippen molar-refractivity contribution in [2.45, 2.75) is 33.3 Å². The summed E-state index contributed by atoms with van der Waals surface area (Å²) >= 11 is 6.55. The molecule has 1 aliphatic heterocycles. The molecule has 1 N–H and O–H groups in total. The first kappa shape index (κ1) is 22.1. The fourth-order valence-electron chi connectivity index (χ4n) is 3.26. The highest BCUT2D eigenvalue weighted by atomic mass is 32.2. The topological polar surface area (TPSA) is 66.8 Å². The van der Waals surface area contributed by atoms with E-state index >= 15 is 0 Å². The number of carboxylic acid groups (broad SMARTS) is 1. The summed E-state index contributed by atoms with van der Waals surface area (Å²) in [5, 5.41) is 8.78. The molecule has 0 atom stereocenters. The highest BCUT2D eigenvalue weighted by Crippen LogP contribution is 2.34. The zero-order valence-corrected chi connectivity index (χ0v) is 18.5. The highest BCUT2D eigenvalue weighted by molar-refractivity contribution is 8.26. The Morgan fingerprint density at radius 1 is 1.20 bits per heavy atom. The molecule has 2 aromatic carbocycles. The number of nitrogens with zero attached hydrogens (tertiary/aromatic N) is 1. The van der Waals surface area contributed by atoms with Crippen LogP contribution in [0.4, 0.5) is 0 Å². The normalized spacial score (nSPS) is 15.1. The number of aryl methyl sites for hydroxylation is 2. The van der Waals surface area contributed by atoms with Gasteiger partial charge >= 0.3 is 5.97 Å². The van der Waals surface area contributed by atoms with Crippen LogP contribution < -0.4 is 4.74 Å². The van der Waals surface area contributed by atoms with Crippen molar-refractivity contribution in [3.63, 3.8) is 0 Å². The van der Waals surface area contributed by atoms with Crippen molar-refractivity contribution in [3.05, 3.63) is 69.6 Å². The van der Waals surface area contributed by atoms with Gasteiger partial charge in [0.1, 0.15) is 16.7 Å². The van der Waals surface area contributed by atoms with Crippen LogP contribution in [0.5, 0.6) is 5.75 Å². The van der Waals surface area contributed by atoms with Gasteiger partial charge in [-0.2, -0.15) is 0 Å². The van der Waals surface area contributed by atoms with Gasteiger partial charge in [-0.1, -0.05) is 54.3 Å². The molecule has 0 bridgehead atoms. The van der Waals surface area contributed by atoms with Crippen molar-refractivity contribution in [1.29, 1.82) is 0 Å². The molecule has 156 valence electrons. The van der Waals surface area contributed by atoms with E-state index in [9.17, 15) is 9.59 Å². The Bertz CT molecular complexity index is 979. The van der Waals surface area contributed by atoms with Gasteiger partial charge in [0.05, 0.1) is 4.91 Å². The highest BCUT2D eigenvalue weighted by Gasteiger charge is 2.31. The van der Waals surface area contributed by atoms with E-state index in [0.717, 1.165) is 28.0 Å². The minimum absolute atomic E-state index is 0.0128. The van der Waals surface area contributed by atoms with Crippen molar-refractivity contribution in [2.75, 3.05) is 6.54 Å². The predicted molar refractivity (Wildman–Crippen MR) is 123 cm³/mol. The monoisotopic (exact) mass is 441 g/mol. The summed E-state index contributed by atoms with van der Waals surface area (Å²) < 4.78 is 6.49. The van der Waals surface area contributed by atoms with Gasteiger partial charge in [0.15, 0.2) is 0 Å². The molecule has 2 aromatic rings. The zero-order valence-electron chi connectivity index (χ0n) is 16.9. The maximum atomic E-state index is 12.7. The van der Waals surface area contributed by atoms with Gasteiger partial charge in [-0.15, -0.1) is 0 Å². The van der Waals surface area contributed by atoms with Gasteiger partial charge in [-0.3, -0.25) is 14.5 Å². The Balaban J connectivity index is 1.71. The van der Waals surface area contributed by atoms with E-state index in [1.807, 2.05) is 62.4 Å². The van der Waals surface area contributed by atoms with Crippen LogP contribution >= 0.6 is 24.0 Å². The second-order valence-corrected chi connectivity index (χ2v) is 8.76.